The van der Waals surface area contributed by atoms with Crippen LogP contribution >= 0.6 is 34.2 Å². The molecule has 0 atom stereocenters. The molecule has 0 N–H and O–H groups in total. The summed E-state index contributed by atoms with van der Waals surface area (Å²) in [7, 11) is 1.71. The molecule has 20 heavy (non-hydrogen) atoms. The summed E-state index contributed by atoms with van der Waals surface area (Å²) < 4.78 is 30.1. The van der Waals surface area contributed by atoms with Crippen LogP contribution in [0.25, 0.3) is 22.2 Å². The Hall–Kier alpha value is -1.35. The number of halogens is 4. The van der Waals surface area contributed by atoms with Crippen molar-refractivity contribution < 1.29 is 8.78 Å². The van der Waals surface area contributed by atoms with E-state index >= 15 is 0 Å². The highest BCUT2D eigenvalue weighted by Crippen LogP contribution is 2.29. The number of benzene rings is 1. The van der Waals surface area contributed by atoms with Gasteiger partial charge in [0.25, 0.3) is 0 Å². The minimum absolute atomic E-state index is 0.0366. The molecule has 0 aliphatic heterocycles. The Morgan fingerprint density at radius 2 is 2.00 bits per heavy atom. The first kappa shape index (κ1) is 13.6. The fraction of sp³-hybridized carbons (Fsp3) is 0.0833. The van der Waals surface area contributed by atoms with Gasteiger partial charge >= 0.3 is 0 Å². The summed E-state index contributed by atoms with van der Waals surface area (Å²) in [6.07, 6.45) is 0.959. The highest BCUT2D eigenvalue weighted by molar-refractivity contribution is 14.1. The number of hydrogen-bond acceptors (Lipinski definition) is 3. The first-order valence-corrected chi connectivity index (χ1v) is 6.93. The Morgan fingerprint density at radius 1 is 1.25 bits per heavy atom. The average Bonchev–Trinajstić information content (AvgIpc) is 2.70. The van der Waals surface area contributed by atoms with Gasteiger partial charge in [0.15, 0.2) is 11.6 Å². The van der Waals surface area contributed by atoms with Crippen LogP contribution in [0.15, 0.2) is 18.3 Å². The summed E-state index contributed by atoms with van der Waals surface area (Å²) in [5.74, 6) is -1.20. The van der Waals surface area contributed by atoms with Crippen molar-refractivity contribution in [1.29, 1.82) is 0 Å². The number of aryl methyl sites for hydroxylation is 1. The van der Waals surface area contributed by atoms with Crippen LogP contribution in [0.3, 0.4) is 0 Å². The fourth-order valence-electron chi connectivity index (χ4n) is 1.91. The molecule has 3 rings (SSSR count). The molecule has 102 valence electrons. The van der Waals surface area contributed by atoms with E-state index in [1.807, 2.05) is 22.6 Å². The Kier molecular flexibility index (Phi) is 3.33. The summed E-state index contributed by atoms with van der Waals surface area (Å²) in [4.78, 5) is 7.35. The molecule has 0 aliphatic rings. The Bertz CT molecular complexity index is 834. The molecule has 0 fully saturated rings. The zero-order valence-corrected chi connectivity index (χ0v) is 12.9. The van der Waals surface area contributed by atoms with Gasteiger partial charge in [-0.05, 0) is 46.3 Å². The van der Waals surface area contributed by atoms with E-state index in [-0.39, 0.29) is 16.5 Å². The van der Waals surface area contributed by atoms with Gasteiger partial charge in [0, 0.05) is 18.0 Å². The van der Waals surface area contributed by atoms with Crippen molar-refractivity contribution in [3.63, 3.8) is 0 Å². The van der Waals surface area contributed by atoms with E-state index < -0.39 is 11.6 Å². The van der Waals surface area contributed by atoms with Crippen molar-refractivity contribution in [2.75, 3.05) is 0 Å². The highest BCUT2D eigenvalue weighted by atomic mass is 127. The van der Waals surface area contributed by atoms with Gasteiger partial charge in [-0.1, -0.05) is 0 Å². The number of aromatic nitrogens is 4. The average molecular weight is 407 g/mol. The lowest BCUT2D eigenvalue weighted by molar-refractivity contribution is 0.616. The smallest absolute Gasteiger partial charge is 0.223 e. The van der Waals surface area contributed by atoms with Crippen LogP contribution in [0.2, 0.25) is 5.28 Å². The third-order valence-corrected chi connectivity index (χ3v) is 4.27. The molecule has 0 bridgehead atoms. The minimum Gasteiger partial charge on any atom is -0.261 e. The molecular weight excluding hydrogens is 401 g/mol. The molecule has 0 spiro atoms. The van der Waals surface area contributed by atoms with Gasteiger partial charge in [-0.3, -0.25) is 4.68 Å². The molecule has 2 aromatic heterocycles. The van der Waals surface area contributed by atoms with Gasteiger partial charge in [0.05, 0.1) is 6.20 Å². The van der Waals surface area contributed by atoms with E-state index in [1.54, 1.807) is 17.8 Å². The van der Waals surface area contributed by atoms with Crippen LogP contribution in [-0.4, -0.2) is 19.7 Å². The van der Waals surface area contributed by atoms with E-state index in [1.165, 1.54) is 6.07 Å². The number of hydrogen-bond donors (Lipinski definition) is 0. The maximum Gasteiger partial charge on any atom is 0.223 e. The quantitative estimate of drug-likeness (QED) is 0.458. The zero-order chi connectivity index (χ0) is 14.4. The van der Waals surface area contributed by atoms with E-state index in [0.717, 1.165) is 9.90 Å². The Balaban J connectivity index is 2.32. The van der Waals surface area contributed by atoms with E-state index in [4.69, 9.17) is 11.6 Å². The number of rotatable bonds is 1. The van der Waals surface area contributed by atoms with E-state index in [9.17, 15) is 8.78 Å². The van der Waals surface area contributed by atoms with Crippen molar-refractivity contribution >= 4 is 45.1 Å². The molecule has 0 saturated carbocycles. The molecule has 2 heterocycles. The Morgan fingerprint density at radius 3 is 2.75 bits per heavy atom. The third-order valence-electron chi connectivity index (χ3n) is 2.81. The standard InChI is InChI=1S/C12H6ClF2IN4/c1-20-11(16)6-2-5(3-7(14)10(6)19-20)9-8(15)4-17-12(13)18-9/h2-4H,1H3. The van der Waals surface area contributed by atoms with Gasteiger partial charge < -0.3 is 0 Å². The van der Waals surface area contributed by atoms with Crippen molar-refractivity contribution in [2.45, 2.75) is 0 Å². The predicted molar refractivity (Wildman–Crippen MR) is 79.4 cm³/mol. The maximum atomic E-state index is 14.1. The molecule has 0 saturated heterocycles. The molecule has 0 aliphatic carbocycles. The summed E-state index contributed by atoms with van der Waals surface area (Å²) in [6, 6.07) is 2.82. The molecule has 0 amide bonds. The third kappa shape index (κ3) is 2.14. The van der Waals surface area contributed by atoms with Crippen LogP contribution in [0, 0.1) is 15.3 Å². The largest absolute Gasteiger partial charge is 0.261 e. The molecule has 4 nitrogen and oxygen atoms in total. The second kappa shape index (κ2) is 4.88. The lowest BCUT2D eigenvalue weighted by Gasteiger charge is -2.03. The van der Waals surface area contributed by atoms with Gasteiger partial charge in [-0.25, -0.2) is 18.7 Å². The second-order valence-electron chi connectivity index (χ2n) is 4.10. The summed E-state index contributed by atoms with van der Waals surface area (Å²) in [5, 5.41) is 4.57. The number of fused-ring (bicyclic) bond motifs is 1. The normalized spacial score (nSPS) is 11.2. The van der Waals surface area contributed by atoms with Crippen molar-refractivity contribution in [3.8, 4) is 11.3 Å². The maximum absolute atomic E-state index is 14.1. The Labute approximate surface area is 130 Å². The zero-order valence-electron chi connectivity index (χ0n) is 10.0. The second-order valence-corrected chi connectivity index (χ2v) is 5.46. The van der Waals surface area contributed by atoms with Crippen LogP contribution in [0.1, 0.15) is 0 Å². The summed E-state index contributed by atoms with van der Waals surface area (Å²) in [5.41, 5.74) is 0.495. The van der Waals surface area contributed by atoms with Gasteiger partial charge in [0.2, 0.25) is 5.28 Å². The van der Waals surface area contributed by atoms with E-state index in [2.05, 4.69) is 15.1 Å². The lowest BCUT2D eigenvalue weighted by atomic mass is 10.1. The number of nitrogens with zero attached hydrogens (tertiary/aromatic N) is 4. The topological polar surface area (TPSA) is 43.6 Å². The first-order chi connectivity index (χ1) is 9.47. The molecule has 1 aromatic carbocycles. The first-order valence-electron chi connectivity index (χ1n) is 5.47. The van der Waals surface area contributed by atoms with E-state index in [0.29, 0.717) is 10.9 Å². The van der Waals surface area contributed by atoms with Crippen LogP contribution in [-0.2, 0) is 7.05 Å². The van der Waals surface area contributed by atoms with Gasteiger partial charge in [-0.2, -0.15) is 5.10 Å². The fourth-order valence-corrected chi connectivity index (χ4v) is 2.56. The van der Waals surface area contributed by atoms with Crippen molar-refractivity contribution in [1.82, 2.24) is 19.7 Å². The lowest BCUT2D eigenvalue weighted by Crippen LogP contribution is -1.93. The molecule has 8 heteroatoms. The van der Waals surface area contributed by atoms with Crippen LogP contribution in [0.5, 0.6) is 0 Å². The SMILES string of the molecule is Cn1nc2c(F)cc(-c3nc(Cl)ncc3F)cc2c1I. The molecule has 0 radical (unpaired) electrons. The van der Waals surface area contributed by atoms with Crippen molar-refractivity contribution in [2.24, 2.45) is 7.05 Å². The van der Waals surface area contributed by atoms with Gasteiger partial charge in [-0.15, -0.1) is 0 Å². The van der Waals surface area contributed by atoms with Crippen LogP contribution in [0.4, 0.5) is 8.78 Å². The monoisotopic (exact) mass is 406 g/mol. The van der Waals surface area contributed by atoms with Gasteiger partial charge in [0.1, 0.15) is 14.9 Å². The van der Waals surface area contributed by atoms with Crippen LogP contribution < -0.4 is 0 Å². The molecule has 3 aromatic rings. The molecular formula is C12H6ClF2IN4. The summed E-state index contributed by atoms with van der Waals surface area (Å²) in [6.45, 7) is 0. The summed E-state index contributed by atoms with van der Waals surface area (Å²) >= 11 is 7.71. The highest BCUT2D eigenvalue weighted by Gasteiger charge is 2.16. The van der Waals surface area contributed by atoms with Crippen molar-refractivity contribution in [3.05, 3.63) is 38.9 Å². The molecule has 0 unspecified atom stereocenters. The minimum atomic E-state index is -0.660. The predicted octanol–water partition coefficient (Wildman–Crippen LogP) is 3.57.